The highest BCUT2D eigenvalue weighted by atomic mass is 19.1. The number of carbonyl (C=O) groups excluding carboxylic acids is 1. The van der Waals surface area contributed by atoms with Crippen LogP contribution in [0.1, 0.15) is 16.8 Å². The molecule has 80 valence electrons. The molecule has 0 aromatic heterocycles. The van der Waals surface area contributed by atoms with Gasteiger partial charge >= 0.3 is 5.97 Å². The predicted molar refractivity (Wildman–Crippen MR) is 51.0 cm³/mol. The second kappa shape index (κ2) is 4.65. The number of hydrogen-bond donors (Lipinski definition) is 2. The Morgan fingerprint density at radius 1 is 1.33 bits per heavy atom. The molecule has 0 saturated heterocycles. The first-order chi connectivity index (χ1) is 7.00. The highest BCUT2D eigenvalue weighted by molar-refractivity contribution is 5.98. The van der Waals surface area contributed by atoms with Gasteiger partial charge in [-0.1, -0.05) is 0 Å². The van der Waals surface area contributed by atoms with Crippen LogP contribution in [0.15, 0.2) is 24.3 Å². The minimum atomic E-state index is -1.23. The number of hydrogen-bond acceptors (Lipinski definition) is 3. The largest absolute Gasteiger partial charge is 0.480 e. The van der Waals surface area contributed by atoms with Crippen molar-refractivity contribution in [2.75, 3.05) is 0 Å². The number of carboxylic acid groups (broad SMARTS) is 1. The van der Waals surface area contributed by atoms with Crippen molar-refractivity contribution in [3.8, 4) is 0 Å². The molecule has 0 aliphatic heterocycles. The van der Waals surface area contributed by atoms with Gasteiger partial charge in [0.2, 0.25) is 0 Å². The maximum atomic E-state index is 12.5. The molecular weight excluding hydrogens is 201 g/mol. The van der Waals surface area contributed by atoms with Gasteiger partial charge in [-0.2, -0.15) is 0 Å². The Hall–Kier alpha value is -1.75. The van der Waals surface area contributed by atoms with Gasteiger partial charge in [0.15, 0.2) is 5.78 Å². The Morgan fingerprint density at radius 2 is 1.87 bits per heavy atom. The summed E-state index contributed by atoms with van der Waals surface area (Å²) in [7, 11) is 0. The number of carbonyl (C=O) groups is 2. The molecule has 0 fully saturated rings. The third kappa shape index (κ3) is 3.14. The van der Waals surface area contributed by atoms with Crippen LogP contribution in [0.4, 0.5) is 4.39 Å². The molecule has 4 nitrogen and oxygen atoms in total. The summed E-state index contributed by atoms with van der Waals surface area (Å²) in [6.07, 6.45) is -0.291. The fraction of sp³-hybridized carbons (Fsp3) is 0.200. The highest BCUT2D eigenvalue weighted by Gasteiger charge is 2.17. The van der Waals surface area contributed by atoms with Crippen LogP contribution < -0.4 is 5.73 Å². The second-order valence-electron chi connectivity index (χ2n) is 3.08. The van der Waals surface area contributed by atoms with E-state index >= 15 is 0 Å². The number of nitrogens with two attached hydrogens (primary N) is 1. The number of halogens is 1. The molecule has 0 aliphatic carbocycles. The fourth-order valence-electron chi connectivity index (χ4n) is 1.04. The molecule has 0 radical (unpaired) electrons. The van der Waals surface area contributed by atoms with Gasteiger partial charge in [0.05, 0.1) is 0 Å². The Bertz CT molecular complexity index is 375. The quantitative estimate of drug-likeness (QED) is 0.722. The van der Waals surface area contributed by atoms with Crippen LogP contribution in [0, 0.1) is 5.82 Å². The first-order valence-corrected chi connectivity index (χ1v) is 4.28. The number of benzene rings is 1. The number of rotatable bonds is 4. The smallest absolute Gasteiger partial charge is 0.320 e. The molecule has 0 amide bonds. The number of aliphatic carboxylic acids is 1. The molecular formula is C10H10FNO3. The summed E-state index contributed by atoms with van der Waals surface area (Å²) in [4.78, 5) is 21.8. The van der Waals surface area contributed by atoms with E-state index < -0.39 is 23.6 Å². The van der Waals surface area contributed by atoms with Crippen LogP contribution in [0.2, 0.25) is 0 Å². The molecule has 15 heavy (non-hydrogen) atoms. The SMILES string of the molecule is N[C@@H](CC(=O)c1ccc(F)cc1)C(=O)O. The maximum absolute atomic E-state index is 12.5. The molecule has 1 atom stereocenters. The Labute approximate surface area is 85.5 Å². The third-order valence-corrected chi connectivity index (χ3v) is 1.89. The van der Waals surface area contributed by atoms with E-state index in [1.54, 1.807) is 0 Å². The Kier molecular flexibility index (Phi) is 3.51. The second-order valence-corrected chi connectivity index (χ2v) is 3.08. The van der Waals surface area contributed by atoms with Crippen molar-refractivity contribution in [2.24, 2.45) is 5.73 Å². The summed E-state index contributed by atoms with van der Waals surface area (Å²) >= 11 is 0. The van der Waals surface area contributed by atoms with Crippen LogP contribution >= 0.6 is 0 Å². The maximum Gasteiger partial charge on any atom is 0.320 e. The summed E-state index contributed by atoms with van der Waals surface area (Å²) in [5.41, 5.74) is 5.45. The molecule has 1 rings (SSSR count). The highest BCUT2D eigenvalue weighted by Crippen LogP contribution is 2.06. The topological polar surface area (TPSA) is 80.4 Å². The lowest BCUT2D eigenvalue weighted by molar-refractivity contribution is -0.138. The van der Waals surface area contributed by atoms with Crippen molar-refractivity contribution in [3.63, 3.8) is 0 Å². The average molecular weight is 211 g/mol. The molecule has 3 N–H and O–H groups in total. The van der Waals surface area contributed by atoms with E-state index in [1.807, 2.05) is 0 Å². The minimum Gasteiger partial charge on any atom is -0.480 e. The zero-order valence-electron chi connectivity index (χ0n) is 7.81. The van der Waals surface area contributed by atoms with Gasteiger partial charge in [-0.15, -0.1) is 0 Å². The molecule has 1 aromatic rings. The summed E-state index contributed by atoms with van der Waals surface area (Å²) < 4.78 is 12.5. The monoisotopic (exact) mass is 211 g/mol. The lowest BCUT2D eigenvalue weighted by Gasteiger charge is -2.04. The first-order valence-electron chi connectivity index (χ1n) is 4.28. The van der Waals surface area contributed by atoms with Gasteiger partial charge in [-0.25, -0.2) is 4.39 Å². The van der Waals surface area contributed by atoms with Crippen molar-refractivity contribution >= 4 is 11.8 Å². The number of Topliss-reactive ketones (excluding diaryl/α,β-unsaturated/α-hetero) is 1. The van der Waals surface area contributed by atoms with Crippen LogP contribution in [0.3, 0.4) is 0 Å². The molecule has 0 saturated carbocycles. The van der Waals surface area contributed by atoms with Crippen LogP contribution in [0.25, 0.3) is 0 Å². The minimum absolute atomic E-state index is 0.258. The van der Waals surface area contributed by atoms with E-state index in [1.165, 1.54) is 12.1 Å². The molecule has 0 bridgehead atoms. The first kappa shape index (κ1) is 11.3. The summed E-state index contributed by atoms with van der Waals surface area (Å²) in [6.45, 7) is 0. The van der Waals surface area contributed by atoms with Gasteiger partial charge in [0, 0.05) is 12.0 Å². The zero-order chi connectivity index (χ0) is 11.4. The van der Waals surface area contributed by atoms with E-state index in [0.717, 1.165) is 12.1 Å². The normalized spacial score (nSPS) is 12.1. The van der Waals surface area contributed by atoms with Crippen molar-refractivity contribution in [3.05, 3.63) is 35.6 Å². The van der Waals surface area contributed by atoms with Crippen LogP contribution in [0.5, 0.6) is 0 Å². The van der Waals surface area contributed by atoms with E-state index in [9.17, 15) is 14.0 Å². The number of ketones is 1. The molecule has 0 spiro atoms. The van der Waals surface area contributed by atoms with Gasteiger partial charge in [0.1, 0.15) is 11.9 Å². The summed E-state index contributed by atoms with van der Waals surface area (Å²) in [5, 5.41) is 8.48. The Morgan fingerprint density at radius 3 is 2.33 bits per heavy atom. The van der Waals surface area contributed by atoms with Gasteiger partial charge in [0.25, 0.3) is 0 Å². The van der Waals surface area contributed by atoms with Crippen LogP contribution in [-0.4, -0.2) is 22.9 Å². The van der Waals surface area contributed by atoms with Crippen molar-refractivity contribution in [1.29, 1.82) is 0 Å². The van der Waals surface area contributed by atoms with Gasteiger partial charge < -0.3 is 10.8 Å². The zero-order valence-corrected chi connectivity index (χ0v) is 7.81. The molecule has 0 unspecified atom stereocenters. The van der Waals surface area contributed by atoms with E-state index in [-0.39, 0.29) is 12.0 Å². The van der Waals surface area contributed by atoms with E-state index in [4.69, 9.17) is 10.8 Å². The van der Waals surface area contributed by atoms with Crippen molar-refractivity contribution in [1.82, 2.24) is 0 Å². The van der Waals surface area contributed by atoms with Crippen LogP contribution in [-0.2, 0) is 4.79 Å². The number of carboxylic acids is 1. The lowest BCUT2D eigenvalue weighted by atomic mass is 10.0. The van der Waals surface area contributed by atoms with Gasteiger partial charge in [-0.3, -0.25) is 9.59 Å². The van der Waals surface area contributed by atoms with E-state index in [2.05, 4.69) is 0 Å². The Balaban J connectivity index is 2.69. The lowest BCUT2D eigenvalue weighted by Crippen LogP contribution is -2.32. The third-order valence-electron chi connectivity index (χ3n) is 1.89. The molecule has 0 heterocycles. The van der Waals surface area contributed by atoms with Crippen molar-refractivity contribution in [2.45, 2.75) is 12.5 Å². The standard InChI is InChI=1S/C10H10FNO3/c11-7-3-1-6(2-4-7)9(13)5-8(12)10(14)15/h1-4,8H,5,12H2,(H,14,15)/t8-/m0/s1. The molecule has 0 aliphatic rings. The molecule has 5 heteroatoms. The average Bonchev–Trinajstić information content (AvgIpc) is 2.18. The molecule has 1 aromatic carbocycles. The summed E-state index contributed by atoms with van der Waals surface area (Å²) in [5.74, 6) is -2.09. The van der Waals surface area contributed by atoms with E-state index in [0.29, 0.717) is 0 Å². The predicted octanol–water partition coefficient (Wildman–Crippen LogP) is 0.810. The fourth-order valence-corrected chi connectivity index (χ4v) is 1.04. The summed E-state index contributed by atoms with van der Waals surface area (Å²) in [6, 6.07) is 3.65. The van der Waals surface area contributed by atoms with Crippen molar-refractivity contribution < 1.29 is 19.1 Å². The van der Waals surface area contributed by atoms with Gasteiger partial charge in [-0.05, 0) is 24.3 Å².